The van der Waals surface area contributed by atoms with E-state index in [0.717, 1.165) is 18.2 Å². The fraction of sp³-hybridized carbons (Fsp3) is 0.381. The van der Waals surface area contributed by atoms with E-state index in [1.165, 1.54) is 13.8 Å². The van der Waals surface area contributed by atoms with Gasteiger partial charge in [-0.3, -0.25) is 0 Å². The van der Waals surface area contributed by atoms with E-state index in [4.69, 9.17) is 0 Å². The highest BCUT2D eigenvalue weighted by Gasteiger charge is 2.56. The van der Waals surface area contributed by atoms with Gasteiger partial charge in [-0.05, 0) is 42.2 Å². The first kappa shape index (κ1) is 21.9. The van der Waals surface area contributed by atoms with Crippen molar-refractivity contribution in [3.8, 4) is 5.75 Å². The molecule has 5 nitrogen and oxygen atoms in total. The Labute approximate surface area is 171 Å². The fourth-order valence-corrected chi connectivity index (χ4v) is 3.74. The second-order valence-corrected chi connectivity index (χ2v) is 8.13. The number of nitrogens with one attached hydrogen (secondary N) is 1. The van der Waals surface area contributed by atoms with Gasteiger partial charge in [-0.2, -0.15) is 13.2 Å². The zero-order valence-electron chi connectivity index (χ0n) is 16.8. The van der Waals surface area contributed by atoms with E-state index in [0.29, 0.717) is 16.7 Å². The zero-order chi connectivity index (χ0) is 22.3. The highest BCUT2D eigenvalue weighted by Crippen LogP contribution is 2.43. The van der Waals surface area contributed by atoms with Crippen LogP contribution < -0.4 is 5.32 Å². The van der Waals surface area contributed by atoms with Crippen molar-refractivity contribution < 1.29 is 27.8 Å². The minimum absolute atomic E-state index is 0.0149. The molecule has 3 rings (SSSR count). The molecule has 0 aliphatic heterocycles. The Balaban J connectivity index is 1.93. The maximum Gasteiger partial charge on any atom is 0.418 e. The van der Waals surface area contributed by atoms with Crippen molar-refractivity contribution in [2.24, 2.45) is 7.05 Å². The summed E-state index contributed by atoms with van der Waals surface area (Å²) < 4.78 is 57.1. The van der Waals surface area contributed by atoms with Gasteiger partial charge in [0.2, 0.25) is 0 Å². The number of aromatic nitrogens is 2. The first-order chi connectivity index (χ1) is 13.8. The van der Waals surface area contributed by atoms with E-state index in [1.54, 1.807) is 36.1 Å². The van der Waals surface area contributed by atoms with E-state index in [-0.39, 0.29) is 11.3 Å². The van der Waals surface area contributed by atoms with Crippen LogP contribution in [0, 0.1) is 5.82 Å². The predicted molar refractivity (Wildman–Crippen MR) is 106 cm³/mol. The number of phenolic OH excluding ortho intramolecular Hbond substituents is 1. The molecular weight excluding hydrogens is 402 g/mol. The van der Waals surface area contributed by atoms with Gasteiger partial charge in [-0.25, -0.2) is 9.37 Å². The first-order valence-electron chi connectivity index (χ1n) is 9.26. The van der Waals surface area contributed by atoms with Gasteiger partial charge in [0.05, 0.1) is 29.6 Å². The monoisotopic (exact) mass is 425 g/mol. The molecule has 3 N–H and O–H groups in total. The van der Waals surface area contributed by atoms with Crippen molar-refractivity contribution in [3.05, 3.63) is 54.1 Å². The number of alkyl halides is 3. The van der Waals surface area contributed by atoms with Crippen LogP contribution in [0.25, 0.3) is 11.0 Å². The summed E-state index contributed by atoms with van der Waals surface area (Å²) in [7, 11) is 1.71. The largest absolute Gasteiger partial charge is 0.508 e. The lowest BCUT2D eigenvalue weighted by Crippen LogP contribution is -2.53. The van der Waals surface area contributed by atoms with Gasteiger partial charge in [0.25, 0.3) is 0 Å². The number of hydrogen-bond acceptors (Lipinski definition) is 4. The van der Waals surface area contributed by atoms with Crippen LogP contribution >= 0.6 is 0 Å². The van der Waals surface area contributed by atoms with Gasteiger partial charge in [0.15, 0.2) is 5.60 Å². The number of anilines is 1. The van der Waals surface area contributed by atoms with Crippen molar-refractivity contribution >= 4 is 16.7 Å². The summed E-state index contributed by atoms with van der Waals surface area (Å²) in [5, 5.41) is 23.4. The number of hydrogen-bond donors (Lipinski definition) is 3. The molecule has 162 valence electrons. The molecule has 0 bridgehead atoms. The van der Waals surface area contributed by atoms with Gasteiger partial charge in [0, 0.05) is 12.6 Å². The molecule has 0 saturated carbocycles. The molecule has 1 heterocycles. The van der Waals surface area contributed by atoms with Gasteiger partial charge in [-0.1, -0.05) is 19.9 Å². The van der Waals surface area contributed by atoms with E-state index in [1.807, 2.05) is 0 Å². The number of benzene rings is 2. The fourth-order valence-electron chi connectivity index (χ4n) is 3.74. The molecule has 3 aromatic rings. The molecule has 0 radical (unpaired) electrons. The maximum absolute atomic E-state index is 13.9. The highest BCUT2D eigenvalue weighted by molar-refractivity contribution is 5.88. The molecule has 1 unspecified atom stereocenters. The Kier molecular flexibility index (Phi) is 5.44. The third kappa shape index (κ3) is 4.07. The summed E-state index contributed by atoms with van der Waals surface area (Å²) in [5.74, 6) is -1.02. The number of fused-ring (bicyclic) bond motifs is 1. The molecule has 0 amide bonds. The van der Waals surface area contributed by atoms with Crippen LogP contribution in [0.4, 0.5) is 23.2 Å². The lowest BCUT2D eigenvalue weighted by atomic mass is 9.74. The maximum atomic E-state index is 13.9. The molecule has 0 aliphatic carbocycles. The summed E-state index contributed by atoms with van der Waals surface area (Å²) in [5.41, 5.74) is -2.94. The minimum atomic E-state index is -4.97. The quantitative estimate of drug-likeness (QED) is 0.509. The third-order valence-electron chi connectivity index (χ3n) is 5.26. The zero-order valence-corrected chi connectivity index (χ0v) is 16.8. The number of nitrogens with zero attached hydrogens (tertiary/aromatic N) is 2. The van der Waals surface area contributed by atoms with E-state index in [9.17, 15) is 27.8 Å². The summed E-state index contributed by atoms with van der Waals surface area (Å²) in [6, 6.07) is 8.06. The SMILES string of the molecule is Cn1cnc2cccc(NCC(O)(CC(C)(C)c3cc(F)ccc3O)C(F)(F)F)c21. The van der Waals surface area contributed by atoms with Gasteiger partial charge >= 0.3 is 6.18 Å². The van der Waals surface area contributed by atoms with E-state index < -0.39 is 36.0 Å². The summed E-state index contributed by atoms with van der Waals surface area (Å²) in [6.45, 7) is 2.00. The molecular formula is C21H23F4N3O2. The molecule has 2 aromatic carbocycles. The van der Waals surface area contributed by atoms with Gasteiger partial charge in [-0.15, -0.1) is 0 Å². The Morgan fingerprint density at radius 1 is 1.13 bits per heavy atom. The molecule has 0 saturated heterocycles. The molecule has 0 spiro atoms. The number of aliphatic hydroxyl groups is 1. The molecule has 0 fully saturated rings. The predicted octanol–water partition coefficient (Wildman–Crippen LogP) is 4.49. The van der Waals surface area contributed by atoms with Crippen molar-refractivity contribution in [1.29, 1.82) is 0 Å². The summed E-state index contributed by atoms with van der Waals surface area (Å²) in [4.78, 5) is 4.16. The van der Waals surface area contributed by atoms with Crippen molar-refractivity contribution in [2.75, 3.05) is 11.9 Å². The number of para-hydroxylation sites is 1. The highest BCUT2D eigenvalue weighted by atomic mass is 19.4. The Morgan fingerprint density at radius 2 is 1.83 bits per heavy atom. The molecule has 0 aliphatic rings. The smallest absolute Gasteiger partial charge is 0.418 e. The lowest BCUT2D eigenvalue weighted by molar-refractivity contribution is -0.260. The summed E-state index contributed by atoms with van der Waals surface area (Å²) in [6.07, 6.45) is -4.23. The normalized spacial score (nSPS) is 14.7. The van der Waals surface area contributed by atoms with Crippen molar-refractivity contribution in [2.45, 2.75) is 37.5 Å². The number of imidazole rings is 1. The topological polar surface area (TPSA) is 70.3 Å². The molecule has 9 heteroatoms. The number of halogens is 4. The number of rotatable bonds is 6. The average molecular weight is 425 g/mol. The van der Waals surface area contributed by atoms with Crippen LogP contribution in [0.2, 0.25) is 0 Å². The van der Waals surface area contributed by atoms with E-state index in [2.05, 4.69) is 10.3 Å². The van der Waals surface area contributed by atoms with Gasteiger partial charge in [0.1, 0.15) is 11.6 Å². The Bertz CT molecular complexity index is 1060. The number of aryl methyl sites for hydroxylation is 1. The number of aromatic hydroxyl groups is 1. The Hall–Kier alpha value is -2.81. The molecule has 1 atom stereocenters. The standard InChI is InChI=1S/C21H23F4N3O2/c1-19(2,14-9-13(22)7-8-17(14)29)10-20(30,21(23,24)25)11-26-15-5-4-6-16-18(15)28(3)12-27-16/h4-9,12,26,29-30H,10-11H2,1-3H3. The van der Waals surface area contributed by atoms with Crippen LogP contribution in [0.1, 0.15) is 25.8 Å². The van der Waals surface area contributed by atoms with Gasteiger partial charge < -0.3 is 20.1 Å². The first-order valence-corrected chi connectivity index (χ1v) is 9.26. The van der Waals surface area contributed by atoms with Crippen molar-refractivity contribution in [1.82, 2.24) is 9.55 Å². The van der Waals surface area contributed by atoms with Crippen LogP contribution in [0.5, 0.6) is 5.75 Å². The lowest BCUT2D eigenvalue weighted by Gasteiger charge is -2.38. The van der Waals surface area contributed by atoms with Crippen LogP contribution in [0.3, 0.4) is 0 Å². The second kappa shape index (κ2) is 7.46. The van der Waals surface area contributed by atoms with Crippen LogP contribution in [0.15, 0.2) is 42.7 Å². The van der Waals surface area contributed by atoms with Crippen LogP contribution in [-0.4, -0.2) is 38.1 Å². The minimum Gasteiger partial charge on any atom is -0.508 e. The summed E-state index contributed by atoms with van der Waals surface area (Å²) >= 11 is 0. The van der Waals surface area contributed by atoms with E-state index >= 15 is 0 Å². The Morgan fingerprint density at radius 3 is 2.50 bits per heavy atom. The third-order valence-corrected chi connectivity index (χ3v) is 5.26. The second-order valence-electron chi connectivity index (χ2n) is 8.13. The average Bonchev–Trinajstić information content (AvgIpc) is 3.02. The number of phenols is 1. The van der Waals surface area contributed by atoms with Crippen LogP contribution in [-0.2, 0) is 12.5 Å². The molecule has 30 heavy (non-hydrogen) atoms. The molecule has 1 aromatic heterocycles. The van der Waals surface area contributed by atoms with Crippen molar-refractivity contribution in [3.63, 3.8) is 0 Å².